The molecule has 10 heteroatoms. The lowest BCUT2D eigenvalue weighted by molar-refractivity contribution is -0.142. The number of hydrogen-bond acceptors (Lipinski definition) is 7. The van der Waals surface area contributed by atoms with Gasteiger partial charge in [0.25, 0.3) is 0 Å². The van der Waals surface area contributed by atoms with Crippen LogP contribution in [0, 0.1) is 5.92 Å². The minimum Gasteiger partial charge on any atom is -0.438 e. The Bertz CT molecular complexity index is 1330. The molecular formula is C27H31N3O6S. The summed E-state index contributed by atoms with van der Waals surface area (Å²) in [6, 6.07) is 14.3. The van der Waals surface area contributed by atoms with E-state index in [2.05, 4.69) is 10.3 Å². The molecule has 5 rings (SSSR count). The van der Waals surface area contributed by atoms with Crippen LogP contribution in [-0.4, -0.2) is 59.6 Å². The molecule has 0 radical (unpaired) electrons. The van der Waals surface area contributed by atoms with Crippen LogP contribution in [0.2, 0.25) is 0 Å². The Morgan fingerprint density at radius 1 is 1.05 bits per heavy atom. The lowest BCUT2D eigenvalue weighted by atomic mass is 9.88. The van der Waals surface area contributed by atoms with Gasteiger partial charge in [-0.2, -0.15) is 0 Å². The number of aliphatic hydroxyl groups is 1. The van der Waals surface area contributed by atoms with E-state index in [-0.39, 0.29) is 42.1 Å². The number of fused-ring (bicyclic) bond motifs is 1. The third-order valence-corrected chi connectivity index (χ3v) is 9.53. The molecule has 1 saturated carbocycles. The second-order valence-electron chi connectivity index (χ2n) is 9.84. The van der Waals surface area contributed by atoms with Gasteiger partial charge in [-0.3, -0.25) is 9.59 Å². The summed E-state index contributed by atoms with van der Waals surface area (Å²) in [6.07, 6.45) is 3.27. The zero-order valence-corrected chi connectivity index (χ0v) is 21.3. The summed E-state index contributed by atoms with van der Waals surface area (Å²) in [5, 5.41) is 12.4. The molecule has 37 heavy (non-hydrogen) atoms. The van der Waals surface area contributed by atoms with E-state index in [1.807, 2.05) is 0 Å². The second kappa shape index (κ2) is 10.6. The number of aromatic nitrogens is 1. The maximum atomic E-state index is 13.5. The minimum absolute atomic E-state index is 0.000500. The Labute approximate surface area is 215 Å². The van der Waals surface area contributed by atoms with E-state index in [1.165, 1.54) is 17.0 Å². The number of oxazole rings is 1. The highest BCUT2D eigenvalue weighted by atomic mass is 32.2. The van der Waals surface area contributed by atoms with Gasteiger partial charge in [0.05, 0.1) is 16.7 Å². The van der Waals surface area contributed by atoms with Gasteiger partial charge in [0.15, 0.2) is 15.4 Å². The number of para-hydroxylation sites is 2. The molecule has 0 spiro atoms. The van der Waals surface area contributed by atoms with Crippen LogP contribution < -0.4 is 5.32 Å². The summed E-state index contributed by atoms with van der Waals surface area (Å²) in [5.74, 6) is -0.782. The molecular weight excluding hydrogens is 494 g/mol. The molecule has 9 nitrogen and oxygen atoms in total. The van der Waals surface area contributed by atoms with Crippen LogP contribution in [0.1, 0.15) is 50.5 Å². The van der Waals surface area contributed by atoms with Crippen molar-refractivity contribution < 1.29 is 27.5 Å². The van der Waals surface area contributed by atoms with E-state index in [0.717, 1.165) is 32.1 Å². The molecule has 196 valence electrons. The van der Waals surface area contributed by atoms with Crippen molar-refractivity contribution in [1.82, 2.24) is 15.2 Å². The summed E-state index contributed by atoms with van der Waals surface area (Å²) in [4.78, 5) is 32.6. The van der Waals surface area contributed by atoms with Gasteiger partial charge < -0.3 is 19.7 Å². The number of likely N-dealkylation sites (tertiary alicyclic amines) is 1. The molecule has 1 saturated heterocycles. The van der Waals surface area contributed by atoms with Gasteiger partial charge in [-0.15, -0.1) is 0 Å². The van der Waals surface area contributed by atoms with Gasteiger partial charge in [-0.25, -0.2) is 13.4 Å². The first-order chi connectivity index (χ1) is 17.8. The summed E-state index contributed by atoms with van der Waals surface area (Å²) in [6.45, 7) is -0.206. The average molecular weight is 526 g/mol. The van der Waals surface area contributed by atoms with Gasteiger partial charge in [0.1, 0.15) is 17.7 Å². The number of sulfone groups is 1. The second-order valence-corrected chi connectivity index (χ2v) is 12.1. The van der Waals surface area contributed by atoms with Gasteiger partial charge in [0, 0.05) is 12.5 Å². The number of nitrogens with zero attached hydrogens (tertiary/aromatic N) is 2. The fourth-order valence-corrected chi connectivity index (χ4v) is 7.05. The van der Waals surface area contributed by atoms with Crippen molar-refractivity contribution in [3.8, 4) is 0 Å². The van der Waals surface area contributed by atoms with E-state index in [4.69, 9.17) is 4.42 Å². The Hall–Kier alpha value is -3.24. The monoisotopic (exact) mass is 525 g/mol. The predicted octanol–water partition coefficient (Wildman–Crippen LogP) is 3.00. The molecule has 1 aliphatic heterocycles. The van der Waals surface area contributed by atoms with Crippen LogP contribution >= 0.6 is 0 Å². The smallest absolute Gasteiger partial charge is 0.242 e. The number of rotatable bonds is 7. The van der Waals surface area contributed by atoms with Crippen molar-refractivity contribution in [3.05, 3.63) is 60.5 Å². The molecule has 1 aromatic heterocycles. The van der Waals surface area contributed by atoms with E-state index >= 15 is 0 Å². The summed E-state index contributed by atoms with van der Waals surface area (Å²) >= 11 is 0. The maximum Gasteiger partial charge on any atom is 0.242 e. The fourth-order valence-electron chi connectivity index (χ4n) is 5.34. The van der Waals surface area contributed by atoms with Gasteiger partial charge >= 0.3 is 0 Å². The summed E-state index contributed by atoms with van der Waals surface area (Å²) < 4.78 is 32.3. The average Bonchev–Trinajstić information content (AvgIpc) is 3.58. The Morgan fingerprint density at radius 3 is 2.49 bits per heavy atom. The summed E-state index contributed by atoms with van der Waals surface area (Å²) in [5.41, 5.74) is 1.12. The number of carbonyl (C=O) groups excluding carboxylic acids is 2. The lowest BCUT2D eigenvalue weighted by Gasteiger charge is -2.30. The number of aliphatic hydroxyl groups excluding tert-OH is 1. The van der Waals surface area contributed by atoms with Crippen molar-refractivity contribution >= 4 is 32.8 Å². The Kier molecular flexibility index (Phi) is 7.30. The topological polar surface area (TPSA) is 130 Å². The first kappa shape index (κ1) is 25.4. The zero-order valence-electron chi connectivity index (χ0n) is 20.5. The predicted molar refractivity (Wildman–Crippen MR) is 136 cm³/mol. The van der Waals surface area contributed by atoms with E-state index in [1.54, 1.807) is 42.5 Å². The molecule has 2 N–H and O–H groups in total. The molecule has 1 unspecified atom stereocenters. The van der Waals surface area contributed by atoms with E-state index in [9.17, 15) is 23.1 Å². The highest BCUT2D eigenvalue weighted by molar-refractivity contribution is 7.92. The Morgan fingerprint density at radius 2 is 1.76 bits per heavy atom. The third kappa shape index (κ3) is 5.26. The summed E-state index contributed by atoms with van der Waals surface area (Å²) in [7, 11) is -3.74. The first-order valence-corrected chi connectivity index (χ1v) is 14.3. The minimum atomic E-state index is -3.74. The molecule has 1 aliphatic carbocycles. The zero-order chi connectivity index (χ0) is 26.0. The molecule has 3 aromatic rings. The molecule has 2 aliphatic rings. The van der Waals surface area contributed by atoms with Gasteiger partial charge in [0.2, 0.25) is 17.7 Å². The number of benzene rings is 2. The van der Waals surface area contributed by atoms with Crippen molar-refractivity contribution in [3.63, 3.8) is 0 Å². The van der Waals surface area contributed by atoms with Crippen LogP contribution in [0.25, 0.3) is 11.1 Å². The molecule has 0 bridgehead atoms. The number of nitrogens with one attached hydrogen (secondary N) is 1. The largest absolute Gasteiger partial charge is 0.438 e. The quantitative estimate of drug-likeness (QED) is 0.485. The van der Waals surface area contributed by atoms with E-state index in [0.29, 0.717) is 11.1 Å². The van der Waals surface area contributed by atoms with Crippen molar-refractivity contribution in [2.24, 2.45) is 5.92 Å². The van der Waals surface area contributed by atoms with E-state index < -0.39 is 33.1 Å². The normalized spacial score (nSPS) is 21.7. The van der Waals surface area contributed by atoms with Crippen LogP contribution in [-0.2, 0) is 19.4 Å². The van der Waals surface area contributed by atoms with Gasteiger partial charge in [-0.05, 0) is 43.5 Å². The fraction of sp³-hybridized carbons (Fsp3) is 0.444. The molecule has 2 aromatic carbocycles. The van der Waals surface area contributed by atoms with Crippen LogP contribution in [0.5, 0.6) is 0 Å². The SMILES string of the molecule is O=C(NCC(O)c1nc2ccccc2o1)[C@@H]1C[C@@H](S(=O)(=O)c2ccccc2)CN1C(=O)C1CCCCC1. The van der Waals surface area contributed by atoms with Crippen LogP contribution in [0.4, 0.5) is 0 Å². The highest BCUT2D eigenvalue weighted by Gasteiger charge is 2.46. The van der Waals surface area contributed by atoms with Gasteiger partial charge in [-0.1, -0.05) is 49.6 Å². The highest BCUT2D eigenvalue weighted by Crippen LogP contribution is 2.33. The maximum absolute atomic E-state index is 13.5. The molecule has 3 atom stereocenters. The van der Waals surface area contributed by atoms with Crippen molar-refractivity contribution in [1.29, 1.82) is 0 Å². The number of hydrogen-bond donors (Lipinski definition) is 2. The number of carbonyl (C=O) groups is 2. The standard InChI is InChI=1S/C27H31N3O6S/c31-23(26-29-21-13-7-8-14-24(21)36-26)16-28-25(32)22-15-20(37(34,35)19-11-5-2-6-12-19)17-30(22)27(33)18-9-3-1-4-10-18/h2,5-8,11-14,18,20,22-23,31H,1,3-4,9-10,15-17H2,(H,28,32)/t20-,22+,23?/m1/s1. The van der Waals surface area contributed by atoms with Crippen LogP contribution in [0.15, 0.2) is 63.9 Å². The Balaban J connectivity index is 1.32. The van der Waals surface area contributed by atoms with Crippen LogP contribution in [0.3, 0.4) is 0 Å². The third-order valence-electron chi connectivity index (χ3n) is 7.38. The molecule has 2 fully saturated rings. The lowest BCUT2D eigenvalue weighted by Crippen LogP contribution is -2.48. The first-order valence-electron chi connectivity index (χ1n) is 12.8. The van der Waals surface area contributed by atoms with Crippen molar-refractivity contribution in [2.45, 2.75) is 60.8 Å². The van der Waals surface area contributed by atoms with Crippen molar-refractivity contribution in [2.75, 3.05) is 13.1 Å². The number of amides is 2. The molecule has 2 amide bonds. The molecule has 2 heterocycles.